The van der Waals surface area contributed by atoms with Crippen LogP contribution in [0.3, 0.4) is 0 Å². The number of aromatic nitrogens is 5. The summed E-state index contributed by atoms with van der Waals surface area (Å²) < 4.78 is 1.41. The molecule has 9 heteroatoms. The van der Waals surface area contributed by atoms with Crippen molar-refractivity contribution in [1.82, 2.24) is 24.5 Å². The molecule has 3 rings (SSSR count). The number of ketones is 1. The number of nitrogens with zero attached hydrogens (tertiary/aromatic N) is 5. The smallest absolute Gasteiger partial charge is 0.253 e. The minimum Gasteiger partial charge on any atom is -0.390 e. The molecule has 0 amide bonds. The second-order valence-electron chi connectivity index (χ2n) is 5.78. The fourth-order valence-corrected chi connectivity index (χ4v) is 2.71. The van der Waals surface area contributed by atoms with E-state index in [1.54, 1.807) is 19.2 Å². The van der Waals surface area contributed by atoms with Crippen LogP contribution in [0.1, 0.15) is 28.4 Å². The second kappa shape index (κ2) is 8.15. The highest BCUT2D eigenvalue weighted by atomic mass is 35.5. The predicted octanol–water partition coefficient (Wildman–Crippen LogP) is 1.59. The molecule has 0 aromatic carbocycles. The van der Waals surface area contributed by atoms with Crippen molar-refractivity contribution in [1.29, 1.82) is 0 Å². The highest BCUT2D eigenvalue weighted by molar-refractivity contribution is 6.31. The maximum atomic E-state index is 12.5. The highest BCUT2D eigenvalue weighted by Gasteiger charge is 2.13. The first kappa shape index (κ1) is 18.8. The van der Waals surface area contributed by atoms with Crippen LogP contribution in [0.25, 0.3) is 11.3 Å². The van der Waals surface area contributed by atoms with E-state index in [2.05, 4.69) is 19.9 Å². The first-order chi connectivity index (χ1) is 13.0. The van der Waals surface area contributed by atoms with Crippen molar-refractivity contribution in [2.45, 2.75) is 19.4 Å². The van der Waals surface area contributed by atoms with Crippen molar-refractivity contribution in [2.24, 2.45) is 7.05 Å². The van der Waals surface area contributed by atoms with Crippen LogP contribution in [-0.2, 0) is 20.1 Å². The predicted molar refractivity (Wildman–Crippen MR) is 98.3 cm³/mol. The molecule has 0 aliphatic rings. The molecule has 0 bridgehead atoms. The SMILES string of the molecule is Cn1c(CCC(=O)c2cc(-c3cnc(CO)c(Cl)c3)ncn2)nccc1=O. The van der Waals surface area contributed by atoms with Gasteiger partial charge in [0.05, 0.1) is 23.0 Å². The van der Waals surface area contributed by atoms with Gasteiger partial charge in [0.15, 0.2) is 5.78 Å². The van der Waals surface area contributed by atoms with Gasteiger partial charge >= 0.3 is 0 Å². The van der Waals surface area contributed by atoms with Gasteiger partial charge in [-0.25, -0.2) is 15.0 Å². The van der Waals surface area contributed by atoms with Gasteiger partial charge in [0.2, 0.25) is 0 Å². The monoisotopic (exact) mass is 385 g/mol. The van der Waals surface area contributed by atoms with Gasteiger partial charge in [0.25, 0.3) is 5.56 Å². The van der Waals surface area contributed by atoms with Gasteiger partial charge in [-0.3, -0.25) is 19.1 Å². The molecule has 1 N–H and O–H groups in total. The average Bonchev–Trinajstić information content (AvgIpc) is 2.69. The van der Waals surface area contributed by atoms with Gasteiger partial charge < -0.3 is 5.11 Å². The molecular formula is C18H16ClN5O3. The van der Waals surface area contributed by atoms with E-state index in [-0.39, 0.29) is 30.1 Å². The fraction of sp³-hybridized carbons (Fsp3) is 0.222. The van der Waals surface area contributed by atoms with E-state index in [4.69, 9.17) is 16.7 Å². The van der Waals surface area contributed by atoms with Crippen LogP contribution < -0.4 is 5.56 Å². The molecular weight excluding hydrogens is 370 g/mol. The number of aryl methyl sites for hydroxylation is 1. The Kier molecular flexibility index (Phi) is 5.68. The van der Waals surface area contributed by atoms with Crippen LogP contribution in [0.5, 0.6) is 0 Å². The standard InChI is InChI=1S/C18H16ClN5O3/c1-24-17(20-5-4-18(24)27)3-2-16(26)14-7-13(22-10-23-14)11-6-12(19)15(9-25)21-8-11/h4-8,10,25H,2-3,9H2,1H3. The molecule has 3 aromatic rings. The Bertz CT molecular complexity index is 1050. The summed E-state index contributed by atoms with van der Waals surface area (Å²) in [7, 11) is 1.62. The summed E-state index contributed by atoms with van der Waals surface area (Å²) in [5.74, 6) is 0.337. The molecule has 0 aliphatic heterocycles. The maximum Gasteiger partial charge on any atom is 0.253 e. The summed E-state index contributed by atoms with van der Waals surface area (Å²) >= 11 is 6.06. The van der Waals surface area contributed by atoms with E-state index in [9.17, 15) is 9.59 Å². The summed E-state index contributed by atoms with van der Waals surface area (Å²) in [6, 6.07) is 4.55. The van der Waals surface area contributed by atoms with Crippen molar-refractivity contribution < 1.29 is 9.90 Å². The zero-order valence-electron chi connectivity index (χ0n) is 14.5. The number of carbonyl (C=O) groups is 1. The van der Waals surface area contributed by atoms with Crippen LogP contribution in [0.15, 0.2) is 41.7 Å². The van der Waals surface area contributed by atoms with E-state index in [0.29, 0.717) is 34.2 Å². The summed E-state index contributed by atoms with van der Waals surface area (Å²) in [6.07, 6.45) is 4.73. The number of carbonyl (C=O) groups excluding carboxylic acids is 1. The first-order valence-corrected chi connectivity index (χ1v) is 8.49. The maximum absolute atomic E-state index is 12.5. The lowest BCUT2D eigenvalue weighted by molar-refractivity contribution is 0.0977. The van der Waals surface area contributed by atoms with E-state index in [1.807, 2.05) is 0 Å². The third-order valence-corrected chi connectivity index (χ3v) is 4.38. The largest absolute Gasteiger partial charge is 0.390 e. The van der Waals surface area contributed by atoms with E-state index in [1.165, 1.54) is 29.4 Å². The molecule has 0 radical (unpaired) electrons. The topological polar surface area (TPSA) is 111 Å². The molecule has 0 atom stereocenters. The lowest BCUT2D eigenvalue weighted by atomic mass is 10.1. The summed E-state index contributed by atoms with van der Waals surface area (Å²) in [5, 5.41) is 9.46. The Morgan fingerprint density at radius 3 is 2.78 bits per heavy atom. The first-order valence-electron chi connectivity index (χ1n) is 8.11. The third-order valence-electron chi connectivity index (χ3n) is 4.05. The average molecular weight is 386 g/mol. The molecule has 3 heterocycles. The molecule has 0 spiro atoms. The molecule has 3 aromatic heterocycles. The minimum atomic E-state index is -0.261. The normalized spacial score (nSPS) is 10.8. The number of hydrogen-bond acceptors (Lipinski definition) is 7. The van der Waals surface area contributed by atoms with E-state index >= 15 is 0 Å². The Balaban J connectivity index is 1.78. The number of hydrogen-bond donors (Lipinski definition) is 1. The Morgan fingerprint density at radius 2 is 2.04 bits per heavy atom. The number of aliphatic hydroxyl groups is 1. The molecule has 0 aliphatic carbocycles. The lowest BCUT2D eigenvalue weighted by Gasteiger charge is -2.07. The minimum absolute atomic E-state index is 0.156. The van der Waals surface area contributed by atoms with Crippen LogP contribution in [0, 0.1) is 0 Å². The molecule has 0 fully saturated rings. The zero-order valence-corrected chi connectivity index (χ0v) is 15.2. The second-order valence-corrected chi connectivity index (χ2v) is 6.19. The number of halogens is 1. The van der Waals surface area contributed by atoms with Crippen LogP contribution in [0.4, 0.5) is 0 Å². The van der Waals surface area contributed by atoms with Crippen molar-refractivity contribution >= 4 is 17.4 Å². The summed E-state index contributed by atoms with van der Waals surface area (Å²) in [4.78, 5) is 40.5. The lowest BCUT2D eigenvalue weighted by Crippen LogP contribution is -2.21. The van der Waals surface area contributed by atoms with Gasteiger partial charge in [0.1, 0.15) is 17.8 Å². The number of Topliss-reactive ketones (excluding diaryl/α,β-unsaturated/α-hetero) is 1. The molecule has 0 saturated carbocycles. The third kappa shape index (κ3) is 4.24. The molecule has 27 heavy (non-hydrogen) atoms. The fourth-order valence-electron chi connectivity index (χ4n) is 2.49. The van der Waals surface area contributed by atoms with Crippen molar-refractivity contribution in [3.8, 4) is 11.3 Å². The van der Waals surface area contributed by atoms with Gasteiger partial charge in [-0.2, -0.15) is 0 Å². The van der Waals surface area contributed by atoms with Gasteiger partial charge in [-0.15, -0.1) is 0 Å². The van der Waals surface area contributed by atoms with E-state index < -0.39 is 0 Å². The molecule has 0 unspecified atom stereocenters. The van der Waals surface area contributed by atoms with Crippen molar-refractivity contribution in [2.75, 3.05) is 0 Å². The van der Waals surface area contributed by atoms with E-state index in [0.717, 1.165) is 0 Å². The Hall–Kier alpha value is -2.97. The summed E-state index contributed by atoms with van der Waals surface area (Å²) in [6.45, 7) is -0.261. The van der Waals surface area contributed by atoms with Gasteiger partial charge in [0, 0.05) is 43.9 Å². The van der Waals surface area contributed by atoms with Gasteiger partial charge in [-0.1, -0.05) is 11.6 Å². The quantitative estimate of drug-likeness (QED) is 0.641. The zero-order chi connectivity index (χ0) is 19.4. The van der Waals surface area contributed by atoms with Crippen LogP contribution in [0.2, 0.25) is 5.02 Å². The Labute approximate surface area is 159 Å². The molecule has 138 valence electrons. The van der Waals surface area contributed by atoms with Crippen molar-refractivity contribution in [3.63, 3.8) is 0 Å². The van der Waals surface area contributed by atoms with Crippen molar-refractivity contribution in [3.05, 3.63) is 69.5 Å². The number of aliphatic hydroxyl groups excluding tert-OH is 1. The number of rotatable bonds is 6. The number of pyridine rings is 1. The Morgan fingerprint density at radius 1 is 1.22 bits per heavy atom. The van der Waals surface area contributed by atoms with Crippen LogP contribution in [-0.4, -0.2) is 35.4 Å². The highest BCUT2D eigenvalue weighted by Crippen LogP contribution is 2.23. The molecule has 0 saturated heterocycles. The van der Waals surface area contributed by atoms with Gasteiger partial charge in [-0.05, 0) is 12.1 Å². The summed E-state index contributed by atoms with van der Waals surface area (Å²) in [5.41, 5.74) is 1.56. The van der Waals surface area contributed by atoms with Crippen LogP contribution >= 0.6 is 11.6 Å². The molecule has 8 nitrogen and oxygen atoms in total.